The van der Waals surface area contributed by atoms with Crippen LogP contribution in [0.1, 0.15) is 39.5 Å². The van der Waals surface area contributed by atoms with Gasteiger partial charge >= 0.3 is 6.18 Å². The fourth-order valence-electron chi connectivity index (χ4n) is 1.65. The summed E-state index contributed by atoms with van der Waals surface area (Å²) in [6.45, 7) is 4.44. The molecule has 0 heterocycles. The maximum atomic E-state index is 11.9. The zero-order valence-corrected chi connectivity index (χ0v) is 9.32. The van der Waals surface area contributed by atoms with Gasteiger partial charge < -0.3 is 10.4 Å². The van der Waals surface area contributed by atoms with Crippen molar-refractivity contribution in [2.45, 2.75) is 51.2 Å². The van der Waals surface area contributed by atoms with Gasteiger partial charge in [-0.15, -0.1) is 0 Å². The van der Waals surface area contributed by atoms with Crippen LogP contribution in [0, 0.1) is 0 Å². The minimum atomic E-state index is -4.08. The molecule has 0 bridgehead atoms. The molecule has 1 atom stereocenters. The highest BCUT2D eigenvalue weighted by atomic mass is 19.4. The van der Waals surface area contributed by atoms with Gasteiger partial charge in [0.15, 0.2) is 0 Å². The van der Waals surface area contributed by atoms with Crippen LogP contribution < -0.4 is 5.32 Å². The lowest BCUT2D eigenvalue weighted by atomic mass is 9.91. The molecular weight excluding hydrogens is 207 g/mol. The molecule has 0 aromatic carbocycles. The van der Waals surface area contributed by atoms with Gasteiger partial charge in [-0.1, -0.05) is 6.92 Å². The first kappa shape index (κ1) is 14.7. The topological polar surface area (TPSA) is 32.3 Å². The first-order valence-electron chi connectivity index (χ1n) is 5.25. The Bertz CT molecular complexity index is 165. The van der Waals surface area contributed by atoms with Crippen LogP contribution in [0.15, 0.2) is 0 Å². The molecule has 0 amide bonds. The molecule has 5 heteroatoms. The van der Waals surface area contributed by atoms with Crippen LogP contribution in [0.25, 0.3) is 0 Å². The maximum absolute atomic E-state index is 11.9. The summed E-state index contributed by atoms with van der Waals surface area (Å²) in [7, 11) is 0. The molecule has 0 aliphatic rings. The Hall–Kier alpha value is -0.290. The summed E-state index contributed by atoms with van der Waals surface area (Å²) in [6.07, 6.45) is -3.81. The Morgan fingerprint density at radius 2 is 1.73 bits per heavy atom. The van der Waals surface area contributed by atoms with Crippen LogP contribution in [0.2, 0.25) is 0 Å². The fraction of sp³-hybridized carbons (Fsp3) is 1.00. The number of rotatable bonds is 7. The van der Waals surface area contributed by atoms with Crippen LogP contribution in [0.4, 0.5) is 13.2 Å². The van der Waals surface area contributed by atoms with E-state index in [1.807, 2.05) is 13.8 Å². The molecule has 0 aromatic heterocycles. The van der Waals surface area contributed by atoms with Crippen molar-refractivity contribution in [2.24, 2.45) is 0 Å². The fourth-order valence-corrected chi connectivity index (χ4v) is 1.65. The smallest absolute Gasteiger partial charge is 0.389 e. The molecule has 2 N–H and O–H groups in total. The van der Waals surface area contributed by atoms with E-state index in [0.29, 0.717) is 19.4 Å². The quantitative estimate of drug-likeness (QED) is 0.700. The van der Waals surface area contributed by atoms with Crippen LogP contribution in [0.5, 0.6) is 0 Å². The zero-order chi connectivity index (χ0) is 11.9. The highest BCUT2D eigenvalue weighted by Gasteiger charge is 2.29. The summed E-state index contributed by atoms with van der Waals surface area (Å²) in [5.41, 5.74) is -0.380. The number of aliphatic hydroxyl groups is 1. The Morgan fingerprint density at radius 1 is 1.13 bits per heavy atom. The molecule has 0 aliphatic carbocycles. The van der Waals surface area contributed by atoms with E-state index in [1.54, 1.807) is 0 Å². The lowest BCUT2D eigenvalue weighted by Crippen LogP contribution is -2.43. The van der Waals surface area contributed by atoms with Gasteiger partial charge in [0.2, 0.25) is 0 Å². The van der Waals surface area contributed by atoms with Crippen LogP contribution in [-0.2, 0) is 0 Å². The average molecular weight is 227 g/mol. The SMILES string of the molecule is CCNC(C)(CCO)CCCC(F)(F)F. The molecule has 0 spiro atoms. The number of halogens is 3. The summed E-state index contributed by atoms with van der Waals surface area (Å²) in [5, 5.41) is 11.9. The number of alkyl halides is 3. The highest BCUT2D eigenvalue weighted by Crippen LogP contribution is 2.26. The van der Waals surface area contributed by atoms with E-state index in [1.165, 1.54) is 0 Å². The Kier molecular flexibility index (Phi) is 6.20. The second kappa shape index (κ2) is 6.33. The molecule has 15 heavy (non-hydrogen) atoms. The maximum Gasteiger partial charge on any atom is 0.389 e. The van der Waals surface area contributed by atoms with Crippen molar-refractivity contribution in [3.8, 4) is 0 Å². The van der Waals surface area contributed by atoms with Crippen molar-refractivity contribution < 1.29 is 18.3 Å². The third-order valence-electron chi connectivity index (χ3n) is 2.46. The average Bonchev–Trinajstić information content (AvgIpc) is 2.01. The number of aliphatic hydroxyl groups excluding tert-OH is 1. The van der Waals surface area contributed by atoms with Gasteiger partial charge in [-0.3, -0.25) is 0 Å². The van der Waals surface area contributed by atoms with Gasteiger partial charge in [-0.05, 0) is 32.7 Å². The van der Waals surface area contributed by atoms with Gasteiger partial charge in [0.25, 0.3) is 0 Å². The Morgan fingerprint density at radius 3 is 2.13 bits per heavy atom. The zero-order valence-electron chi connectivity index (χ0n) is 9.32. The predicted molar refractivity (Wildman–Crippen MR) is 53.7 cm³/mol. The van der Waals surface area contributed by atoms with Crippen molar-refractivity contribution in [2.75, 3.05) is 13.2 Å². The molecule has 0 fully saturated rings. The van der Waals surface area contributed by atoms with Gasteiger partial charge in [-0.2, -0.15) is 13.2 Å². The molecule has 92 valence electrons. The Labute approximate surface area is 88.9 Å². The second-order valence-corrected chi connectivity index (χ2v) is 4.03. The summed E-state index contributed by atoms with van der Waals surface area (Å²) in [4.78, 5) is 0. The first-order valence-corrected chi connectivity index (χ1v) is 5.25. The van der Waals surface area contributed by atoms with Crippen LogP contribution in [0.3, 0.4) is 0 Å². The molecule has 2 nitrogen and oxygen atoms in total. The highest BCUT2D eigenvalue weighted by molar-refractivity contribution is 4.82. The second-order valence-electron chi connectivity index (χ2n) is 4.03. The monoisotopic (exact) mass is 227 g/mol. The van der Waals surface area contributed by atoms with Gasteiger partial charge in [0, 0.05) is 18.6 Å². The molecule has 0 rings (SSSR count). The van der Waals surface area contributed by atoms with E-state index in [9.17, 15) is 13.2 Å². The first-order chi connectivity index (χ1) is 6.83. The van der Waals surface area contributed by atoms with Crippen molar-refractivity contribution in [1.82, 2.24) is 5.32 Å². The lowest BCUT2D eigenvalue weighted by molar-refractivity contribution is -0.136. The molecule has 0 aliphatic heterocycles. The van der Waals surface area contributed by atoms with E-state index in [-0.39, 0.29) is 18.6 Å². The minimum absolute atomic E-state index is 0.00445. The van der Waals surface area contributed by atoms with E-state index in [2.05, 4.69) is 5.32 Å². The van der Waals surface area contributed by atoms with Crippen molar-refractivity contribution in [1.29, 1.82) is 0 Å². The van der Waals surface area contributed by atoms with Gasteiger partial charge in [0.05, 0.1) is 0 Å². The largest absolute Gasteiger partial charge is 0.396 e. The Balaban J connectivity index is 3.95. The van der Waals surface area contributed by atoms with Gasteiger partial charge in [-0.25, -0.2) is 0 Å². The normalized spacial score (nSPS) is 16.4. The standard InChI is InChI=1S/C10H20F3NO/c1-3-14-9(2,7-8-15)5-4-6-10(11,12)13/h14-15H,3-8H2,1-2H3. The lowest BCUT2D eigenvalue weighted by Gasteiger charge is -2.30. The van der Waals surface area contributed by atoms with E-state index in [4.69, 9.17) is 5.11 Å². The number of hydrogen-bond acceptors (Lipinski definition) is 2. The predicted octanol–water partition coefficient (Wildman–Crippen LogP) is 2.47. The molecule has 0 aromatic rings. The summed E-state index contributed by atoms with van der Waals surface area (Å²) < 4.78 is 35.8. The third kappa shape index (κ3) is 7.62. The van der Waals surface area contributed by atoms with Gasteiger partial charge in [0.1, 0.15) is 0 Å². The summed E-state index contributed by atoms with van der Waals surface area (Å²) in [6, 6.07) is 0. The molecule has 0 saturated carbocycles. The summed E-state index contributed by atoms with van der Waals surface area (Å²) in [5.74, 6) is 0. The van der Waals surface area contributed by atoms with Crippen LogP contribution >= 0.6 is 0 Å². The molecular formula is C10H20F3NO. The van der Waals surface area contributed by atoms with Crippen molar-refractivity contribution in [3.63, 3.8) is 0 Å². The number of nitrogens with one attached hydrogen (secondary N) is 1. The van der Waals surface area contributed by atoms with Crippen LogP contribution in [-0.4, -0.2) is 30.0 Å². The van der Waals surface area contributed by atoms with Crippen molar-refractivity contribution >= 4 is 0 Å². The molecule has 0 radical (unpaired) electrons. The van der Waals surface area contributed by atoms with E-state index < -0.39 is 12.6 Å². The third-order valence-corrected chi connectivity index (χ3v) is 2.46. The van der Waals surface area contributed by atoms with E-state index >= 15 is 0 Å². The van der Waals surface area contributed by atoms with E-state index in [0.717, 1.165) is 0 Å². The summed E-state index contributed by atoms with van der Waals surface area (Å²) >= 11 is 0. The molecule has 1 unspecified atom stereocenters. The molecule has 0 saturated heterocycles. The number of hydrogen-bond donors (Lipinski definition) is 2. The van der Waals surface area contributed by atoms with Crippen molar-refractivity contribution in [3.05, 3.63) is 0 Å². The minimum Gasteiger partial charge on any atom is -0.396 e.